The number of amides is 1. The molecule has 0 unspecified atom stereocenters. The Kier molecular flexibility index (Phi) is 5.98. The number of halogens is 2. The van der Waals surface area contributed by atoms with Gasteiger partial charge in [-0.05, 0) is 43.3 Å². The first-order chi connectivity index (χ1) is 13.6. The Bertz CT molecular complexity index is 990. The van der Waals surface area contributed by atoms with Crippen molar-refractivity contribution in [2.75, 3.05) is 5.32 Å². The first kappa shape index (κ1) is 20.9. The van der Waals surface area contributed by atoms with Crippen molar-refractivity contribution in [2.24, 2.45) is 0 Å². The van der Waals surface area contributed by atoms with Crippen LogP contribution < -0.4 is 10.1 Å². The largest absolute Gasteiger partial charge is 0.481 e. The number of benzene rings is 2. The predicted octanol–water partition coefficient (Wildman–Crippen LogP) is 5.79. The summed E-state index contributed by atoms with van der Waals surface area (Å²) in [6, 6.07) is 10.6. The molecule has 152 valence electrons. The van der Waals surface area contributed by atoms with Gasteiger partial charge in [-0.1, -0.05) is 26.8 Å². The summed E-state index contributed by atoms with van der Waals surface area (Å²) in [5.41, 5.74) is 1.48. The molecule has 29 heavy (non-hydrogen) atoms. The maximum Gasteiger partial charge on any atom is 0.265 e. The summed E-state index contributed by atoms with van der Waals surface area (Å²) in [4.78, 5) is 16.9. The van der Waals surface area contributed by atoms with Crippen LogP contribution >= 0.6 is 11.3 Å². The van der Waals surface area contributed by atoms with Crippen LogP contribution in [0.2, 0.25) is 0 Å². The van der Waals surface area contributed by atoms with Gasteiger partial charge in [0.15, 0.2) is 6.10 Å². The van der Waals surface area contributed by atoms with E-state index in [-0.39, 0.29) is 5.41 Å². The summed E-state index contributed by atoms with van der Waals surface area (Å²) >= 11 is 1.57. The fraction of sp³-hybridized carbons (Fsp3) is 0.273. The molecule has 0 bridgehead atoms. The zero-order valence-corrected chi connectivity index (χ0v) is 17.4. The molecule has 0 fully saturated rings. The lowest BCUT2D eigenvalue weighted by molar-refractivity contribution is -0.122. The monoisotopic (exact) mass is 416 g/mol. The van der Waals surface area contributed by atoms with Gasteiger partial charge in [0, 0.05) is 16.4 Å². The maximum absolute atomic E-state index is 13.7. The third-order valence-electron chi connectivity index (χ3n) is 4.27. The molecule has 1 aromatic heterocycles. The molecule has 4 nitrogen and oxygen atoms in total. The summed E-state index contributed by atoms with van der Waals surface area (Å²) < 4.78 is 33.0. The topological polar surface area (TPSA) is 51.2 Å². The lowest BCUT2D eigenvalue weighted by atomic mass is 9.93. The van der Waals surface area contributed by atoms with Crippen LogP contribution in [0, 0.1) is 11.6 Å². The maximum atomic E-state index is 13.7. The Hall–Kier alpha value is -2.80. The Morgan fingerprint density at radius 2 is 1.72 bits per heavy atom. The highest BCUT2D eigenvalue weighted by Gasteiger charge is 2.20. The Morgan fingerprint density at radius 3 is 2.28 bits per heavy atom. The lowest BCUT2D eigenvalue weighted by Crippen LogP contribution is -2.30. The van der Waals surface area contributed by atoms with E-state index in [9.17, 15) is 13.6 Å². The minimum absolute atomic E-state index is 0.0156. The minimum Gasteiger partial charge on any atom is -0.481 e. The third kappa shape index (κ3) is 4.98. The smallest absolute Gasteiger partial charge is 0.265 e. The normalized spacial score (nSPS) is 12.5. The van der Waals surface area contributed by atoms with Gasteiger partial charge < -0.3 is 10.1 Å². The van der Waals surface area contributed by atoms with E-state index in [1.165, 1.54) is 13.0 Å². The molecule has 1 heterocycles. The van der Waals surface area contributed by atoms with E-state index in [0.29, 0.717) is 5.75 Å². The number of para-hydroxylation sites is 1. The molecule has 0 saturated carbocycles. The number of hydrogen-bond donors (Lipinski definition) is 1. The summed E-state index contributed by atoms with van der Waals surface area (Å²) in [6.07, 6.45) is -0.938. The number of carbonyl (C=O) groups is 1. The van der Waals surface area contributed by atoms with Crippen LogP contribution in [0.4, 0.5) is 14.5 Å². The number of rotatable bonds is 5. The molecule has 7 heteroatoms. The average molecular weight is 416 g/mol. The first-order valence-electron chi connectivity index (χ1n) is 9.13. The highest BCUT2D eigenvalue weighted by atomic mass is 32.1. The second-order valence-corrected chi connectivity index (χ2v) is 8.52. The van der Waals surface area contributed by atoms with Crippen LogP contribution in [-0.4, -0.2) is 17.0 Å². The number of anilines is 1. The number of ether oxygens (including phenoxy) is 1. The van der Waals surface area contributed by atoms with Crippen molar-refractivity contribution in [2.45, 2.75) is 39.2 Å². The van der Waals surface area contributed by atoms with E-state index < -0.39 is 29.3 Å². The third-order valence-corrected chi connectivity index (χ3v) is 5.16. The van der Waals surface area contributed by atoms with E-state index in [4.69, 9.17) is 4.74 Å². The van der Waals surface area contributed by atoms with Gasteiger partial charge >= 0.3 is 0 Å². The molecule has 0 aliphatic carbocycles. The fourth-order valence-corrected chi connectivity index (χ4v) is 3.58. The second kappa shape index (κ2) is 8.29. The summed E-state index contributed by atoms with van der Waals surface area (Å²) in [5, 5.41) is 5.18. The van der Waals surface area contributed by atoms with E-state index in [1.54, 1.807) is 23.5 Å². The Balaban J connectivity index is 1.66. The molecular formula is C22H22F2N2O2S. The number of nitrogens with zero attached hydrogens (tertiary/aromatic N) is 1. The Morgan fingerprint density at radius 1 is 1.10 bits per heavy atom. The number of nitrogens with one attached hydrogen (secondary N) is 1. The van der Waals surface area contributed by atoms with Crippen LogP contribution in [-0.2, 0) is 10.2 Å². The SMILES string of the molecule is C[C@@H](Oc1ccc(-c2nc(C(C)(C)C)cs2)cc1)C(=O)Nc1c(F)cccc1F. The molecule has 2 aromatic carbocycles. The molecule has 3 rings (SSSR count). The van der Waals surface area contributed by atoms with Crippen LogP contribution in [0.15, 0.2) is 47.8 Å². The number of aromatic nitrogens is 1. The van der Waals surface area contributed by atoms with Gasteiger partial charge in [0.2, 0.25) is 0 Å². The van der Waals surface area contributed by atoms with Crippen molar-refractivity contribution in [3.05, 3.63) is 65.2 Å². The lowest BCUT2D eigenvalue weighted by Gasteiger charge is -2.15. The molecule has 0 aliphatic heterocycles. The van der Waals surface area contributed by atoms with Crippen molar-refractivity contribution in [3.63, 3.8) is 0 Å². The molecule has 1 atom stereocenters. The zero-order valence-electron chi connectivity index (χ0n) is 16.6. The highest BCUT2D eigenvalue weighted by molar-refractivity contribution is 7.13. The quantitative estimate of drug-likeness (QED) is 0.573. The molecule has 0 saturated heterocycles. The van der Waals surface area contributed by atoms with Crippen LogP contribution in [0.5, 0.6) is 5.75 Å². The van der Waals surface area contributed by atoms with Gasteiger partial charge in [0.05, 0.1) is 5.69 Å². The number of carbonyl (C=O) groups excluding carboxylic acids is 1. The van der Waals surface area contributed by atoms with Gasteiger partial charge in [-0.3, -0.25) is 4.79 Å². The minimum atomic E-state index is -0.938. The molecule has 3 aromatic rings. The van der Waals surface area contributed by atoms with Gasteiger partial charge in [-0.2, -0.15) is 0 Å². The van der Waals surface area contributed by atoms with Gasteiger partial charge in [-0.15, -0.1) is 11.3 Å². The van der Waals surface area contributed by atoms with Crippen molar-refractivity contribution in [1.82, 2.24) is 4.98 Å². The van der Waals surface area contributed by atoms with Crippen LogP contribution in [0.25, 0.3) is 10.6 Å². The molecule has 0 spiro atoms. The van der Waals surface area contributed by atoms with Crippen LogP contribution in [0.1, 0.15) is 33.4 Å². The van der Waals surface area contributed by atoms with Crippen molar-refractivity contribution >= 4 is 22.9 Å². The first-order valence-corrected chi connectivity index (χ1v) is 10.0. The van der Waals surface area contributed by atoms with E-state index in [0.717, 1.165) is 28.4 Å². The second-order valence-electron chi connectivity index (χ2n) is 7.66. The van der Waals surface area contributed by atoms with Gasteiger partial charge in [-0.25, -0.2) is 13.8 Å². The molecule has 1 amide bonds. The molecular weight excluding hydrogens is 394 g/mol. The average Bonchev–Trinajstić information content (AvgIpc) is 3.16. The van der Waals surface area contributed by atoms with Crippen molar-refractivity contribution < 1.29 is 18.3 Å². The number of hydrogen-bond acceptors (Lipinski definition) is 4. The molecule has 0 radical (unpaired) electrons. The standard InChI is InChI=1S/C22H22F2N2O2S/c1-13(20(27)26-19-16(23)6-5-7-17(19)24)28-15-10-8-14(9-11-15)21-25-18(12-29-21)22(2,3)4/h5-13H,1-4H3,(H,26,27)/t13-/m1/s1. The summed E-state index contributed by atoms with van der Waals surface area (Å²) in [7, 11) is 0. The predicted molar refractivity (Wildman–Crippen MR) is 111 cm³/mol. The van der Waals surface area contributed by atoms with Crippen molar-refractivity contribution in [3.8, 4) is 16.3 Å². The summed E-state index contributed by atoms with van der Waals surface area (Å²) in [6.45, 7) is 7.85. The van der Waals surface area contributed by atoms with Gasteiger partial charge in [0.25, 0.3) is 5.91 Å². The Labute approximate surface area is 172 Å². The van der Waals surface area contributed by atoms with Crippen molar-refractivity contribution in [1.29, 1.82) is 0 Å². The van der Waals surface area contributed by atoms with Crippen LogP contribution in [0.3, 0.4) is 0 Å². The van der Waals surface area contributed by atoms with Gasteiger partial charge in [0.1, 0.15) is 28.1 Å². The number of thiazole rings is 1. The zero-order chi connectivity index (χ0) is 21.2. The fourth-order valence-electron chi connectivity index (χ4n) is 2.53. The summed E-state index contributed by atoms with van der Waals surface area (Å²) in [5.74, 6) is -1.85. The van der Waals surface area contributed by atoms with E-state index >= 15 is 0 Å². The molecule has 0 aliphatic rings. The van der Waals surface area contributed by atoms with E-state index in [1.807, 2.05) is 17.5 Å². The molecule has 1 N–H and O–H groups in total. The van der Waals surface area contributed by atoms with E-state index in [2.05, 4.69) is 31.1 Å². The highest BCUT2D eigenvalue weighted by Crippen LogP contribution is 2.30.